The highest BCUT2D eigenvalue weighted by atomic mass is 15.1. The van der Waals surface area contributed by atoms with Crippen LogP contribution in [-0.2, 0) is 0 Å². The molecule has 2 nitrogen and oxygen atoms in total. The van der Waals surface area contributed by atoms with Gasteiger partial charge in [-0.25, -0.2) is 0 Å². The van der Waals surface area contributed by atoms with Crippen molar-refractivity contribution in [1.82, 2.24) is 10.2 Å². The summed E-state index contributed by atoms with van der Waals surface area (Å²) in [6.07, 6.45) is 3.86. The SMILES string of the molecule is CCCCN(C)CC(NC)C(C)CC. The quantitative estimate of drug-likeness (QED) is 0.647. The van der Waals surface area contributed by atoms with E-state index in [1.807, 2.05) is 0 Å². The zero-order valence-electron chi connectivity index (χ0n) is 10.6. The smallest absolute Gasteiger partial charge is 0.0217 e. The largest absolute Gasteiger partial charge is 0.315 e. The van der Waals surface area contributed by atoms with Gasteiger partial charge in [-0.1, -0.05) is 33.6 Å². The third-order valence-corrected chi connectivity index (χ3v) is 3.10. The molecule has 2 heteroatoms. The molecule has 0 aromatic rings. The van der Waals surface area contributed by atoms with Gasteiger partial charge < -0.3 is 10.2 Å². The van der Waals surface area contributed by atoms with Crippen molar-refractivity contribution >= 4 is 0 Å². The average Bonchev–Trinajstić information content (AvgIpc) is 2.21. The van der Waals surface area contributed by atoms with Crippen LogP contribution < -0.4 is 5.32 Å². The van der Waals surface area contributed by atoms with Crippen molar-refractivity contribution in [2.45, 2.75) is 46.1 Å². The van der Waals surface area contributed by atoms with E-state index in [0.717, 1.165) is 5.92 Å². The van der Waals surface area contributed by atoms with Crippen molar-refractivity contribution < 1.29 is 0 Å². The van der Waals surface area contributed by atoms with Crippen LogP contribution in [0.2, 0.25) is 0 Å². The maximum atomic E-state index is 3.42. The Bertz CT molecular complexity index is 125. The molecule has 0 heterocycles. The Hall–Kier alpha value is -0.0800. The van der Waals surface area contributed by atoms with Crippen LogP contribution in [0.4, 0.5) is 0 Å². The first-order valence-corrected chi connectivity index (χ1v) is 6.01. The molecule has 0 saturated carbocycles. The van der Waals surface area contributed by atoms with Gasteiger partial charge >= 0.3 is 0 Å². The molecule has 0 aromatic heterocycles. The Morgan fingerprint density at radius 3 is 2.36 bits per heavy atom. The molecule has 0 rings (SSSR count). The molecule has 1 N–H and O–H groups in total. The fourth-order valence-corrected chi connectivity index (χ4v) is 1.70. The molecule has 0 aliphatic carbocycles. The number of nitrogens with zero attached hydrogens (tertiary/aromatic N) is 1. The lowest BCUT2D eigenvalue weighted by molar-refractivity contribution is 0.249. The third-order valence-electron chi connectivity index (χ3n) is 3.10. The summed E-state index contributed by atoms with van der Waals surface area (Å²) in [5, 5.41) is 3.42. The van der Waals surface area contributed by atoms with Crippen LogP contribution in [0.5, 0.6) is 0 Å². The second kappa shape index (κ2) is 8.25. The molecule has 2 atom stereocenters. The standard InChI is InChI=1S/C12H28N2/c1-6-8-9-14(5)10-12(13-4)11(3)7-2/h11-13H,6-10H2,1-5H3. The molecule has 0 aromatic carbocycles. The normalized spacial score (nSPS) is 15.9. The van der Waals surface area contributed by atoms with Crippen LogP contribution in [0.3, 0.4) is 0 Å². The van der Waals surface area contributed by atoms with E-state index in [-0.39, 0.29) is 0 Å². The minimum atomic E-state index is 0.641. The van der Waals surface area contributed by atoms with E-state index in [1.54, 1.807) is 0 Å². The summed E-state index contributed by atoms with van der Waals surface area (Å²) < 4.78 is 0. The number of hydrogen-bond acceptors (Lipinski definition) is 2. The Morgan fingerprint density at radius 2 is 1.93 bits per heavy atom. The van der Waals surface area contributed by atoms with Crippen LogP contribution in [-0.4, -0.2) is 38.1 Å². The van der Waals surface area contributed by atoms with Gasteiger partial charge in [-0.3, -0.25) is 0 Å². The molecule has 0 bridgehead atoms. The lowest BCUT2D eigenvalue weighted by Gasteiger charge is -2.27. The minimum absolute atomic E-state index is 0.641. The Kier molecular flexibility index (Phi) is 8.20. The average molecular weight is 200 g/mol. The highest BCUT2D eigenvalue weighted by Crippen LogP contribution is 2.08. The van der Waals surface area contributed by atoms with Gasteiger partial charge in [0, 0.05) is 12.6 Å². The molecule has 86 valence electrons. The van der Waals surface area contributed by atoms with E-state index in [1.165, 1.54) is 32.4 Å². The number of likely N-dealkylation sites (N-methyl/N-ethyl adjacent to an activating group) is 2. The van der Waals surface area contributed by atoms with Gasteiger partial charge in [0.05, 0.1) is 0 Å². The van der Waals surface area contributed by atoms with E-state index >= 15 is 0 Å². The van der Waals surface area contributed by atoms with Gasteiger partial charge in [0.15, 0.2) is 0 Å². The zero-order chi connectivity index (χ0) is 11.0. The summed E-state index contributed by atoms with van der Waals surface area (Å²) in [4.78, 5) is 2.44. The van der Waals surface area contributed by atoms with E-state index in [2.05, 4.69) is 45.1 Å². The van der Waals surface area contributed by atoms with Gasteiger partial charge in [0.1, 0.15) is 0 Å². The summed E-state index contributed by atoms with van der Waals surface area (Å²) >= 11 is 0. The van der Waals surface area contributed by atoms with Crippen LogP contribution in [0.1, 0.15) is 40.0 Å². The van der Waals surface area contributed by atoms with Crippen molar-refractivity contribution in [2.75, 3.05) is 27.2 Å². The second-order valence-electron chi connectivity index (χ2n) is 4.40. The molecular weight excluding hydrogens is 172 g/mol. The molecule has 0 spiro atoms. The maximum Gasteiger partial charge on any atom is 0.0217 e. The lowest BCUT2D eigenvalue weighted by Crippen LogP contribution is -2.42. The highest BCUT2D eigenvalue weighted by Gasteiger charge is 2.14. The van der Waals surface area contributed by atoms with Gasteiger partial charge in [0.2, 0.25) is 0 Å². The second-order valence-corrected chi connectivity index (χ2v) is 4.40. The maximum absolute atomic E-state index is 3.42. The van der Waals surface area contributed by atoms with E-state index in [4.69, 9.17) is 0 Å². The predicted molar refractivity (Wildman–Crippen MR) is 64.7 cm³/mol. The first-order chi connectivity index (χ1) is 6.65. The van der Waals surface area contributed by atoms with Crippen molar-refractivity contribution in [3.05, 3.63) is 0 Å². The Morgan fingerprint density at radius 1 is 1.29 bits per heavy atom. The lowest BCUT2D eigenvalue weighted by atomic mass is 9.99. The first kappa shape index (κ1) is 13.9. The van der Waals surface area contributed by atoms with E-state index < -0.39 is 0 Å². The van der Waals surface area contributed by atoms with Crippen molar-refractivity contribution in [2.24, 2.45) is 5.92 Å². The molecule has 0 fully saturated rings. The van der Waals surface area contributed by atoms with Crippen molar-refractivity contribution in [3.8, 4) is 0 Å². The Balaban J connectivity index is 3.79. The molecule has 0 aliphatic rings. The van der Waals surface area contributed by atoms with Crippen LogP contribution >= 0.6 is 0 Å². The molecule has 0 aliphatic heterocycles. The van der Waals surface area contributed by atoms with Crippen LogP contribution in [0.15, 0.2) is 0 Å². The summed E-state index contributed by atoms with van der Waals surface area (Å²) in [6.45, 7) is 9.24. The van der Waals surface area contributed by atoms with E-state index in [9.17, 15) is 0 Å². The monoisotopic (exact) mass is 200 g/mol. The topological polar surface area (TPSA) is 15.3 Å². The fourth-order valence-electron chi connectivity index (χ4n) is 1.70. The highest BCUT2D eigenvalue weighted by molar-refractivity contribution is 4.73. The molecule has 14 heavy (non-hydrogen) atoms. The predicted octanol–water partition coefficient (Wildman–Crippen LogP) is 2.35. The van der Waals surface area contributed by atoms with Gasteiger partial charge in [-0.15, -0.1) is 0 Å². The van der Waals surface area contributed by atoms with Crippen molar-refractivity contribution in [1.29, 1.82) is 0 Å². The van der Waals surface area contributed by atoms with Crippen LogP contribution in [0.25, 0.3) is 0 Å². The van der Waals surface area contributed by atoms with Crippen molar-refractivity contribution in [3.63, 3.8) is 0 Å². The van der Waals surface area contributed by atoms with Gasteiger partial charge in [0.25, 0.3) is 0 Å². The fraction of sp³-hybridized carbons (Fsp3) is 1.00. The van der Waals surface area contributed by atoms with Gasteiger partial charge in [-0.05, 0) is 33.0 Å². The molecule has 0 amide bonds. The van der Waals surface area contributed by atoms with E-state index in [0.29, 0.717) is 6.04 Å². The zero-order valence-corrected chi connectivity index (χ0v) is 10.6. The third kappa shape index (κ3) is 5.61. The molecule has 0 radical (unpaired) electrons. The molecular formula is C12H28N2. The van der Waals surface area contributed by atoms with Gasteiger partial charge in [-0.2, -0.15) is 0 Å². The number of hydrogen-bond donors (Lipinski definition) is 1. The summed E-state index contributed by atoms with van der Waals surface area (Å²) in [6, 6.07) is 0.641. The summed E-state index contributed by atoms with van der Waals surface area (Å²) in [5.74, 6) is 0.768. The first-order valence-electron chi connectivity index (χ1n) is 6.01. The molecule has 0 saturated heterocycles. The number of rotatable bonds is 8. The molecule has 2 unspecified atom stereocenters. The minimum Gasteiger partial charge on any atom is -0.315 e. The van der Waals surface area contributed by atoms with Crippen LogP contribution in [0, 0.1) is 5.92 Å². The number of unbranched alkanes of at least 4 members (excludes halogenated alkanes) is 1. The summed E-state index contributed by atoms with van der Waals surface area (Å²) in [7, 11) is 4.30. The number of nitrogens with one attached hydrogen (secondary N) is 1. The summed E-state index contributed by atoms with van der Waals surface area (Å²) in [5.41, 5.74) is 0. The Labute approximate surface area is 90.1 Å².